The van der Waals surface area contributed by atoms with Gasteiger partial charge in [-0.25, -0.2) is 9.78 Å². The summed E-state index contributed by atoms with van der Waals surface area (Å²) in [6, 6.07) is 14.9. The third-order valence-corrected chi connectivity index (χ3v) is 4.38. The van der Waals surface area contributed by atoms with E-state index in [1.165, 1.54) is 12.5 Å². The highest BCUT2D eigenvalue weighted by atomic mass is 16.3. The fourth-order valence-corrected chi connectivity index (χ4v) is 2.96. The van der Waals surface area contributed by atoms with Gasteiger partial charge in [-0.1, -0.05) is 30.3 Å². The van der Waals surface area contributed by atoms with Gasteiger partial charge >= 0.3 is 6.03 Å². The van der Waals surface area contributed by atoms with E-state index in [0.717, 1.165) is 5.56 Å². The Bertz CT molecular complexity index is 924. The molecule has 0 atom stereocenters. The smallest absolute Gasteiger partial charge is 0.326 e. The average Bonchev–Trinajstić information content (AvgIpc) is 3.35. The Hall–Kier alpha value is -3.61. The summed E-state index contributed by atoms with van der Waals surface area (Å²) in [5, 5.41) is 2.74. The summed E-state index contributed by atoms with van der Waals surface area (Å²) in [7, 11) is 0. The lowest BCUT2D eigenvalue weighted by atomic mass is 10.2. The number of pyridine rings is 1. The maximum absolute atomic E-state index is 12.7. The van der Waals surface area contributed by atoms with Gasteiger partial charge in [-0.05, 0) is 23.8 Å². The molecule has 3 heterocycles. The highest BCUT2D eigenvalue weighted by molar-refractivity contribution is 6.04. The van der Waals surface area contributed by atoms with Crippen molar-refractivity contribution in [3.63, 3.8) is 0 Å². The van der Waals surface area contributed by atoms with Gasteiger partial charge in [0.05, 0.1) is 23.7 Å². The molecule has 0 saturated carbocycles. The molecule has 1 aliphatic heterocycles. The predicted octanol–water partition coefficient (Wildman–Crippen LogP) is 3.37. The minimum Gasteiger partial charge on any atom is -0.472 e. The van der Waals surface area contributed by atoms with Crippen molar-refractivity contribution in [2.45, 2.75) is 6.54 Å². The monoisotopic (exact) mass is 362 g/mol. The second kappa shape index (κ2) is 7.33. The maximum Gasteiger partial charge on any atom is 0.326 e. The van der Waals surface area contributed by atoms with Gasteiger partial charge in [0.1, 0.15) is 12.1 Å². The van der Waals surface area contributed by atoms with Gasteiger partial charge in [-0.2, -0.15) is 0 Å². The molecule has 7 nitrogen and oxygen atoms in total. The summed E-state index contributed by atoms with van der Waals surface area (Å²) >= 11 is 0. The molecule has 1 aliphatic rings. The highest BCUT2D eigenvalue weighted by Crippen LogP contribution is 2.21. The van der Waals surface area contributed by atoms with E-state index >= 15 is 0 Å². The van der Waals surface area contributed by atoms with Crippen LogP contribution >= 0.6 is 0 Å². The van der Waals surface area contributed by atoms with Crippen molar-refractivity contribution in [2.75, 3.05) is 23.3 Å². The molecule has 0 radical (unpaired) electrons. The number of anilines is 2. The first-order chi connectivity index (χ1) is 13.2. The van der Waals surface area contributed by atoms with Gasteiger partial charge in [0.25, 0.3) is 5.91 Å². The molecule has 1 N–H and O–H groups in total. The lowest BCUT2D eigenvalue weighted by Gasteiger charge is -2.18. The maximum atomic E-state index is 12.7. The predicted molar refractivity (Wildman–Crippen MR) is 100 cm³/mol. The van der Waals surface area contributed by atoms with Crippen LogP contribution in [0.2, 0.25) is 0 Å². The second-order valence-electron chi connectivity index (χ2n) is 6.21. The Morgan fingerprint density at radius 1 is 1.11 bits per heavy atom. The first kappa shape index (κ1) is 16.8. The van der Waals surface area contributed by atoms with Crippen LogP contribution in [0.3, 0.4) is 0 Å². The van der Waals surface area contributed by atoms with E-state index in [1.807, 2.05) is 30.3 Å². The summed E-state index contributed by atoms with van der Waals surface area (Å²) in [5.41, 5.74) is 2.08. The number of furan rings is 1. The van der Waals surface area contributed by atoms with E-state index in [-0.39, 0.29) is 11.9 Å². The minimum atomic E-state index is -0.274. The number of rotatable bonds is 5. The molecule has 1 aromatic carbocycles. The molecule has 1 saturated heterocycles. The van der Waals surface area contributed by atoms with Gasteiger partial charge in [0.2, 0.25) is 0 Å². The Labute approximate surface area is 156 Å². The van der Waals surface area contributed by atoms with Crippen LogP contribution in [0.1, 0.15) is 15.9 Å². The topological polar surface area (TPSA) is 78.7 Å². The van der Waals surface area contributed by atoms with E-state index in [1.54, 1.807) is 34.2 Å². The lowest BCUT2D eigenvalue weighted by molar-refractivity contribution is 0.102. The van der Waals surface area contributed by atoms with Crippen molar-refractivity contribution in [3.8, 4) is 0 Å². The molecule has 3 amide bonds. The first-order valence-electron chi connectivity index (χ1n) is 8.61. The normalized spacial score (nSPS) is 13.9. The van der Waals surface area contributed by atoms with Crippen LogP contribution in [0.15, 0.2) is 71.7 Å². The van der Waals surface area contributed by atoms with Crippen molar-refractivity contribution >= 4 is 23.4 Å². The van der Waals surface area contributed by atoms with E-state index in [2.05, 4.69) is 10.3 Å². The van der Waals surface area contributed by atoms with Gasteiger partial charge in [-0.15, -0.1) is 0 Å². The van der Waals surface area contributed by atoms with Gasteiger partial charge in [0.15, 0.2) is 0 Å². The van der Waals surface area contributed by atoms with Crippen molar-refractivity contribution in [1.82, 2.24) is 9.88 Å². The quantitative estimate of drug-likeness (QED) is 0.755. The second-order valence-corrected chi connectivity index (χ2v) is 6.21. The van der Waals surface area contributed by atoms with Crippen LogP contribution in [0.5, 0.6) is 0 Å². The Morgan fingerprint density at radius 2 is 1.96 bits per heavy atom. The number of urea groups is 1. The van der Waals surface area contributed by atoms with Crippen molar-refractivity contribution < 1.29 is 14.0 Å². The molecule has 0 bridgehead atoms. The van der Waals surface area contributed by atoms with Crippen molar-refractivity contribution in [1.29, 1.82) is 0 Å². The molecule has 2 aromatic heterocycles. The van der Waals surface area contributed by atoms with Crippen molar-refractivity contribution in [3.05, 3.63) is 78.4 Å². The third kappa shape index (κ3) is 3.67. The zero-order valence-corrected chi connectivity index (χ0v) is 14.5. The zero-order valence-electron chi connectivity index (χ0n) is 14.5. The molecule has 27 heavy (non-hydrogen) atoms. The van der Waals surface area contributed by atoms with Crippen LogP contribution in [0.4, 0.5) is 16.3 Å². The first-order valence-corrected chi connectivity index (χ1v) is 8.61. The van der Waals surface area contributed by atoms with Gasteiger partial charge < -0.3 is 14.6 Å². The van der Waals surface area contributed by atoms with Crippen LogP contribution in [-0.4, -0.2) is 34.9 Å². The zero-order chi connectivity index (χ0) is 18.6. The summed E-state index contributed by atoms with van der Waals surface area (Å²) in [4.78, 5) is 32.4. The average molecular weight is 362 g/mol. The Balaban J connectivity index is 1.40. The number of aromatic nitrogens is 1. The molecule has 7 heteroatoms. The number of carbonyl (C=O) groups excluding carboxylic acids is 2. The lowest BCUT2D eigenvalue weighted by Crippen LogP contribution is -2.31. The van der Waals surface area contributed by atoms with Crippen LogP contribution in [0.25, 0.3) is 0 Å². The van der Waals surface area contributed by atoms with E-state index in [4.69, 9.17) is 4.42 Å². The molecule has 4 rings (SSSR count). The third-order valence-electron chi connectivity index (χ3n) is 4.38. The number of nitrogens with one attached hydrogen (secondary N) is 1. The summed E-state index contributed by atoms with van der Waals surface area (Å²) in [5.74, 6) is 0.293. The molecule has 0 spiro atoms. The summed E-state index contributed by atoms with van der Waals surface area (Å²) in [6.45, 7) is 1.81. The van der Waals surface area contributed by atoms with Gasteiger partial charge in [-0.3, -0.25) is 9.69 Å². The number of hydrogen-bond acceptors (Lipinski definition) is 4. The minimum absolute atomic E-state index is 0.0680. The molecule has 136 valence electrons. The van der Waals surface area contributed by atoms with Crippen molar-refractivity contribution in [2.24, 2.45) is 0 Å². The van der Waals surface area contributed by atoms with E-state index in [0.29, 0.717) is 36.7 Å². The number of nitrogens with zero attached hydrogens (tertiary/aromatic N) is 3. The standard InChI is InChI=1S/C20H18N4O3/c25-19(16-8-11-27-14-16)22-17-6-7-18(21-12-17)24-10-9-23(20(24)26)13-15-4-2-1-3-5-15/h1-8,11-12,14H,9-10,13H2,(H,22,25). The van der Waals surface area contributed by atoms with E-state index < -0.39 is 0 Å². The highest BCUT2D eigenvalue weighted by Gasteiger charge is 2.30. The largest absolute Gasteiger partial charge is 0.472 e. The fourth-order valence-electron chi connectivity index (χ4n) is 2.96. The Kier molecular flexibility index (Phi) is 4.57. The fraction of sp³-hybridized carbons (Fsp3) is 0.150. The molecular formula is C20H18N4O3. The number of benzene rings is 1. The molecule has 3 aromatic rings. The van der Waals surface area contributed by atoms with Gasteiger partial charge in [0, 0.05) is 19.6 Å². The van der Waals surface area contributed by atoms with Crippen LogP contribution < -0.4 is 10.2 Å². The van der Waals surface area contributed by atoms with Crippen LogP contribution in [-0.2, 0) is 6.54 Å². The summed E-state index contributed by atoms with van der Waals surface area (Å²) in [6.07, 6.45) is 4.36. The summed E-state index contributed by atoms with van der Waals surface area (Å²) < 4.78 is 4.90. The molecule has 0 aliphatic carbocycles. The van der Waals surface area contributed by atoms with E-state index in [9.17, 15) is 9.59 Å². The van der Waals surface area contributed by atoms with Crippen LogP contribution in [0, 0.1) is 0 Å². The SMILES string of the molecule is O=C(Nc1ccc(N2CCN(Cc3ccccc3)C2=O)nc1)c1ccoc1. The number of amides is 3. The molecule has 0 unspecified atom stereocenters. The Morgan fingerprint density at radius 3 is 2.67 bits per heavy atom. The molecule has 1 fully saturated rings. The molecular weight excluding hydrogens is 344 g/mol. The number of carbonyl (C=O) groups is 2. The number of hydrogen-bond donors (Lipinski definition) is 1.